The van der Waals surface area contributed by atoms with Crippen LogP contribution in [0.25, 0.3) is 0 Å². The number of nitrogens with one attached hydrogen (secondary N) is 1. The number of halogens is 1. The predicted molar refractivity (Wildman–Crippen MR) is 108 cm³/mol. The van der Waals surface area contributed by atoms with Gasteiger partial charge < -0.3 is 14.8 Å². The van der Waals surface area contributed by atoms with Gasteiger partial charge in [0, 0.05) is 26.2 Å². The minimum atomic E-state index is 0. The molecule has 2 heterocycles. The highest BCUT2D eigenvalue weighted by Gasteiger charge is 2.29. The molecule has 3 rings (SSSR count). The zero-order chi connectivity index (χ0) is 16.4. The molecule has 1 atom stereocenters. The van der Waals surface area contributed by atoms with Crippen LogP contribution < -0.4 is 5.32 Å². The molecule has 0 aromatic carbocycles. The average molecular weight is 446 g/mol. The van der Waals surface area contributed by atoms with Gasteiger partial charge in [0.1, 0.15) is 12.4 Å². The van der Waals surface area contributed by atoms with Crippen LogP contribution in [0.3, 0.4) is 0 Å². The molecule has 1 saturated carbocycles. The third-order valence-corrected chi connectivity index (χ3v) is 4.85. The van der Waals surface area contributed by atoms with E-state index in [4.69, 9.17) is 4.99 Å². The minimum absolute atomic E-state index is 0. The zero-order valence-electron chi connectivity index (χ0n) is 15.3. The summed E-state index contributed by atoms with van der Waals surface area (Å²) >= 11 is 0. The molecule has 2 fully saturated rings. The number of hydrogen-bond acceptors (Lipinski definition) is 3. The van der Waals surface area contributed by atoms with Gasteiger partial charge in [0.2, 0.25) is 0 Å². The van der Waals surface area contributed by atoms with Crippen LogP contribution in [0.1, 0.15) is 51.2 Å². The molecule has 1 saturated heterocycles. The molecule has 7 heteroatoms. The van der Waals surface area contributed by atoms with E-state index in [2.05, 4.69) is 34.3 Å². The third-order valence-electron chi connectivity index (χ3n) is 4.85. The second kappa shape index (κ2) is 8.49. The molecule has 24 heavy (non-hydrogen) atoms. The summed E-state index contributed by atoms with van der Waals surface area (Å²) in [4.78, 5) is 7.29. The summed E-state index contributed by atoms with van der Waals surface area (Å²) < 4.78 is 2.02. The topological polar surface area (TPSA) is 58.3 Å². The molecule has 1 aromatic rings. The van der Waals surface area contributed by atoms with Gasteiger partial charge in [-0.2, -0.15) is 0 Å². The molecule has 0 amide bonds. The first kappa shape index (κ1) is 19.5. The van der Waals surface area contributed by atoms with Crippen LogP contribution in [0.5, 0.6) is 0 Å². The summed E-state index contributed by atoms with van der Waals surface area (Å²) in [5.41, 5.74) is 0. The number of aromatic nitrogens is 3. The predicted octanol–water partition coefficient (Wildman–Crippen LogP) is 2.72. The van der Waals surface area contributed by atoms with Gasteiger partial charge in [-0.05, 0) is 44.4 Å². The molecule has 136 valence electrons. The van der Waals surface area contributed by atoms with Crippen molar-refractivity contribution in [2.45, 2.75) is 59.0 Å². The Hall–Kier alpha value is -0.860. The largest absolute Gasteiger partial charge is 0.353 e. The molecular formula is C17H31IN6. The lowest BCUT2D eigenvalue weighted by Gasteiger charge is -2.22. The molecule has 0 spiro atoms. The highest BCUT2D eigenvalue weighted by Crippen LogP contribution is 2.25. The van der Waals surface area contributed by atoms with E-state index in [9.17, 15) is 0 Å². The minimum Gasteiger partial charge on any atom is -0.353 e. The maximum Gasteiger partial charge on any atom is 0.194 e. The van der Waals surface area contributed by atoms with Crippen molar-refractivity contribution in [3.05, 3.63) is 11.6 Å². The van der Waals surface area contributed by atoms with Crippen LogP contribution in [-0.2, 0) is 13.6 Å². The van der Waals surface area contributed by atoms with E-state index >= 15 is 0 Å². The van der Waals surface area contributed by atoms with Crippen LogP contribution in [0, 0.1) is 18.8 Å². The lowest BCUT2D eigenvalue weighted by Crippen LogP contribution is -2.41. The van der Waals surface area contributed by atoms with E-state index in [1.807, 2.05) is 18.5 Å². The second-order valence-corrected chi connectivity index (χ2v) is 7.51. The van der Waals surface area contributed by atoms with Gasteiger partial charge in [0.25, 0.3) is 0 Å². The lowest BCUT2D eigenvalue weighted by atomic mass is 9.97. The van der Waals surface area contributed by atoms with Gasteiger partial charge in [0.15, 0.2) is 11.8 Å². The van der Waals surface area contributed by atoms with Gasteiger partial charge in [-0.1, -0.05) is 13.8 Å². The van der Waals surface area contributed by atoms with Crippen molar-refractivity contribution in [1.29, 1.82) is 0 Å². The fraction of sp³-hybridized carbons (Fsp3) is 0.824. The number of rotatable bonds is 5. The number of nitrogens with zero attached hydrogens (tertiary/aromatic N) is 5. The van der Waals surface area contributed by atoms with E-state index in [0.717, 1.165) is 42.5 Å². The monoisotopic (exact) mass is 446 g/mol. The third kappa shape index (κ3) is 5.07. The Bertz CT molecular complexity index is 563. The Kier molecular flexibility index (Phi) is 6.88. The normalized spacial score (nSPS) is 21.3. The van der Waals surface area contributed by atoms with E-state index in [1.54, 1.807) is 0 Å². The fourth-order valence-corrected chi connectivity index (χ4v) is 3.27. The Morgan fingerprint density at radius 2 is 2.04 bits per heavy atom. The van der Waals surface area contributed by atoms with Crippen molar-refractivity contribution in [3.63, 3.8) is 0 Å². The highest BCUT2D eigenvalue weighted by atomic mass is 127. The first-order valence-electron chi connectivity index (χ1n) is 8.93. The molecule has 2 aliphatic rings. The summed E-state index contributed by atoms with van der Waals surface area (Å²) in [6.45, 7) is 9.45. The molecule has 0 bridgehead atoms. The molecule has 1 unspecified atom stereocenters. The first-order valence-corrected chi connectivity index (χ1v) is 8.93. The quantitative estimate of drug-likeness (QED) is 0.430. The maximum atomic E-state index is 4.85. The Morgan fingerprint density at radius 3 is 2.62 bits per heavy atom. The van der Waals surface area contributed by atoms with Gasteiger partial charge in [-0.15, -0.1) is 34.2 Å². The summed E-state index contributed by atoms with van der Waals surface area (Å²) in [5, 5.41) is 12.0. The summed E-state index contributed by atoms with van der Waals surface area (Å²) in [5.74, 6) is 4.51. The van der Waals surface area contributed by atoms with Crippen LogP contribution in [0.15, 0.2) is 4.99 Å². The van der Waals surface area contributed by atoms with Crippen LogP contribution in [-0.4, -0.2) is 44.8 Å². The highest BCUT2D eigenvalue weighted by molar-refractivity contribution is 14.0. The molecule has 6 nitrogen and oxygen atoms in total. The maximum absolute atomic E-state index is 4.85. The first-order chi connectivity index (χ1) is 11.0. The van der Waals surface area contributed by atoms with Gasteiger partial charge in [-0.25, -0.2) is 4.99 Å². The standard InChI is InChI=1S/C17H30N6.HI/c1-12(2)9-14-7-8-23(11-14)17(19-15-5-6-15)18-10-16-21-20-13(3)22(16)4;/h12,14-15H,5-11H2,1-4H3,(H,18,19);1H. The molecule has 1 N–H and O–H groups in total. The average Bonchev–Trinajstić information content (AvgIpc) is 3.12. The number of guanidine groups is 1. The molecule has 1 aromatic heterocycles. The van der Waals surface area contributed by atoms with E-state index in [-0.39, 0.29) is 24.0 Å². The fourth-order valence-electron chi connectivity index (χ4n) is 3.27. The Morgan fingerprint density at radius 1 is 1.29 bits per heavy atom. The van der Waals surface area contributed by atoms with Gasteiger partial charge in [-0.3, -0.25) is 0 Å². The van der Waals surface area contributed by atoms with Crippen molar-refractivity contribution in [1.82, 2.24) is 25.0 Å². The van der Waals surface area contributed by atoms with Crippen molar-refractivity contribution < 1.29 is 0 Å². The summed E-state index contributed by atoms with van der Waals surface area (Å²) in [7, 11) is 2.00. The van der Waals surface area contributed by atoms with Crippen LogP contribution in [0.4, 0.5) is 0 Å². The lowest BCUT2D eigenvalue weighted by molar-refractivity contribution is 0.403. The molecule has 0 radical (unpaired) electrons. The molecule has 1 aliphatic heterocycles. The Labute approximate surface area is 162 Å². The smallest absolute Gasteiger partial charge is 0.194 e. The SMILES string of the molecule is Cc1nnc(CN=C(NC2CC2)N2CCC(CC(C)C)C2)n1C.I. The van der Waals surface area contributed by atoms with E-state index in [0.29, 0.717) is 12.6 Å². The van der Waals surface area contributed by atoms with E-state index in [1.165, 1.54) is 25.7 Å². The van der Waals surface area contributed by atoms with Crippen LogP contribution in [0.2, 0.25) is 0 Å². The van der Waals surface area contributed by atoms with Crippen molar-refractivity contribution >= 4 is 29.9 Å². The van der Waals surface area contributed by atoms with Crippen molar-refractivity contribution in [2.24, 2.45) is 23.9 Å². The summed E-state index contributed by atoms with van der Waals surface area (Å²) in [6.07, 6.45) is 5.14. The Balaban J connectivity index is 0.00000208. The number of hydrogen-bond donors (Lipinski definition) is 1. The second-order valence-electron chi connectivity index (χ2n) is 7.51. The van der Waals surface area contributed by atoms with Gasteiger partial charge in [0.05, 0.1) is 0 Å². The van der Waals surface area contributed by atoms with E-state index < -0.39 is 0 Å². The number of aliphatic imine (C=N–C) groups is 1. The van der Waals surface area contributed by atoms with Crippen molar-refractivity contribution in [2.75, 3.05) is 13.1 Å². The zero-order valence-corrected chi connectivity index (χ0v) is 17.7. The number of likely N-dealkylation sites (tertiary alicyclic amines) is 1. The molecular weight excluding hydrogens is 415 g/mol. The summed E-state index contributed by atoms with van der Waals surface area (Å²) in [6, 6.07) is 0.624. The molecule has 1 aliphatic carbocycles. The van der Waals surface area contributed by atoms with Crippen LogP contribution >= 0.6 is 24.0 Å². The van der Waals surface area contributed by atoms with Gasteiger partial charge >= 0.3 is 0 Å². The number of aryl methyl sites for hydroxylation is 1. The van der Waals surface area contributed by atoms with Crippen molar-refractivity contribution in [3.8, 4) is 0 Å².